The number of hydrogen-bond donors (Lipinski definition) is 0. The molecule has 0 saturated heterocycles. The first kappa shape index (κ1) is 9.30. The summed E-state index contributed by atoms with van der Waals surface area (Å²) < 4.78 is 0. The van der Waals surface area contributed by atoms with Gasteiger partial charge in [-0.2, -0.15) is 0 Å². The van der Waals surface area contributed by atoms with Crippen LogP contribution in [0.2, 0.25) is 0 Å². The third-order valence-electron chi connectivity index (χ3n) is 4.06. The minimum Gasteiger partial charge on any atom is -0.0999 e. The molecular formula is C13H22. The Hall–Kier alpha value is -0.260. The standard InChI is InChI=1S/C13H22/c1-3-4-11-8-12-6-5-10(2)7-13(12)9-11/h11-13H,2-9H2,1H3. The molecule has 0 aromatic heterocycles. The Morgan fingerprint density at radius 1 is 1.31 bits per heavy atom. The maximum Gasteiger partial charge on any atom is -0.0292 e. The number of hydrogen-bond acceptors (Lipinski definition) is 0. The molecule has 2 fully saturated rings. The van der Waals surface area contributed by atoms with Crippen molar-refractivity contribution < 1.29 is 0 Å². The van der Waals surface area contributed by atoms with E-state index in [0.717, 1.165) is 17.8 Å². The van der Waals surface area contributed by atoms with Crippen molar-refractivity contribution in [1.82, 2.24) is 0 Å². The second-order valence-electron chi connectivity index (χ2n) is 5.14. The maximum atomic E-state index is 4.15. The second-order valence-corrected chi connectivity index (χ2v) is 5.14. The second kappa shape index (κ2) is 3.86. The Morgan fingerprint density at radius 3 is 2.85 bits per heavy atom. The molecule has 0 radical (unpaired) electrons. The fraction of sp³-hybridized carbons (Fsp3) is 0.846. The van der Waals surface area contributed by atoms with E-state index in [-0.39, 0.29) is 0 Å². The molecule has 13 heavy (non-hydrogen) atoms. The van der Waals surface area contributed by atoms with E-state index in [1.807, 2.05) is 0 Å². The average molecular weight is 178 g/mol. The van der Waals surface area contributed by atoms with Crippen molar-refractivity contribution in [2.24, 2.45) is 17.8 Å². The third kappa shape index (κ3) is 1.98. The fourth-order valence-electron chi connectivity index (χ4n) is 3.45. The molecule has 0 aromatic carbocycles. The van der Waals surface area contributed by atoms with Gasteiger partial charge >= 0.3 is 0 Å². The topological polar surface area (TPSA) is 0 Å². The summed E-state index contributed by atoms with van der Waals surface area (Å²) in [5, 5.41) is 0. The molecule has 0 aromatic rings. The number of rotatable bonds is 2. The summed E-state index contributed by atoms with van der Waals surface area (Å²) >= 11 is 0. The van der Waals surface area contributed by atoms with Crippen LogP contribution in [-0.4, -0.2) is 0 Å². The van der Waals surface area contributed by atoms with Gasteiger partial charge in [-0.15, -0.1) is 0 Å². The number of allylic oxidation sites excluding steroid dienone is 1. The van der Waals surface area contributed by atoms with Gasteiger partial charge in [-0.1, -0.05) is 31.9 Å². The highest BCUT2D eigenvalue weighted by Crippen LogP contribution is 2.47. The summed E-state index contributed by atoms with van der Waals surface area (Å²) in [5.74, 6) is 3.16. The van der Waals surface area contributed by atoms with Crippen LogP contribution in [0.3, 0.4) is 0 Å². The van der Waals surface area contributed by atoms with Crippen molar-refractivity contribution in [3.05, 3.63) is 12.2 Å². The van der Waals surface area contributed by atoms with Crippen LogP contribution in [0.15, 0.2) is 12.2 Å². The smallest absolute Gasteiger partial charge is 0.0292 e. The van der Waals surface area contributed by atoms with Crippen molar-refractivity contribution in [2.45, 2.75) is 51.9 Å². The predicted octanol–water partition coefficient (Wildman–Crippen LogP) is 4.17. The lowest BCUT2D eigenvalue weighted by atomic mass is 9.80. The van der Waals surface area contributed by atoms with Crippen LogP contribution in [0, 0.1) is 17.8 Å². The first-order chi connectivity index (χ1) is 6.29. The minimum absolute atomic E-state index is 1.03. The van der Waals surface area contributed by atoms with E-state index in [4.69, 9.17) is 0 Å². The third-order valence-corrected chi connectivity index (χ3v) is 4.06. The van der Waals surface area contributed by atoms with Crippen LogP contribution in [0.1, 0.15) is 51.9 Å². The lowest BCUT2D eigenvalue weighted by Crippen LogP contribution is -2.14. The predicted molar refractivity (Wildman–Crippen MR) is 57.6 cm³/mol. The van der Waals surface area contributed by atoms with Gasteiger partial charge in [-0.05, 0) is 49.9 Å². The van der Waals surface area contributed by atoms with E-state index >= 15 is 0 Å². The summed E-state index contributed by atoms with van der Waals surface area (Å²) in [4.78, 5) is 0. The Balaban J connectivity index is 1.90. The average Bonchev–Trinajstić information content (AvgIpc) is 2.46. The molecule has 0 bridgehead atoms. The van der Waals surface area contributed by atoms with E-state index in [1.165, 1.54) is 50.5 Å². The zero-order chi connectivity index (χ0) is 9.26. The van der Waals surface area contributed by atoms with E-state index in [9.17, 15) is 0 Å². The summed E-state index contributed by atoms with van der Waals surface area (Å²) in [6, 6.07) is 0. The van der Waals surface area contributed by atoms with Crippen LogP contribution in [0.5, 0.6) is 0 Å². The molecule has 2 aliphatic rings. The molecule has 2 saturated carbocycles. The monoisotopic (exact) mass is 178 g/mol. The number of fused-ring (bicyclic) bond motifs is 1. The van der Waals surface area contributed by atoms with Crippen molar-refractivity contribution in [3.8, 4) is 0 Å². The quantitative estimate of drug-likeness (QED) is 0.557. The Kier molecular flexibility index (Phi) is 2.76. The van der Waals surface area contributed by atoms with Gasteiger partial charge in [0.05, 0.1) is 0 Å². The zero-order valence-electron chi connectivity index (χ0n) is 8.89. The van der Waals surface area contributed by atoms with Crippen LogP contribution < -0.4 is 0 Å². The molecule has 0 N–H and O–H groups in total. The lowest BCUT2D eigenvalue weighted by molar-refractivity contribution is 0.324. The van der Waals surface area contributed by atoms with Gasteiger partial charge in [0.25, 0.3) is 0 Å². The SMILES string of the molecule is C=C1CCC2CC(CCC)CC2C1. The molecule has 0 spiro atoms. The molecule has 2 rings (SSSR count). The van der Waals surface area contributed by atoms with Gasteiger partial charge in [-0.3, -0.25) is 0 Å². The van der Waals surface area contributed by atoms with Crippen molar-refractivity contribution >= 4 is 0 Å². The van der Waals surface area contributed by atoms with Gasteiger partial charge in [0.1, 0.15) is 0 Å². The van der Waals surface area contributed by atoms with Crippen LogP contribution in [-0.2, 0) is 0 Å². The first-order valence-electron chi connectivity index (χ1n) is 5.96. The first-order valence-corrected chi connectivity index (χ1v) is 5.96. The molecule has 2 aliphatic carbocycles. The molecule has 0 heteroatoms. The highest BCUT2D eigenvalue weighted by Gasteiger charge is 2.35. The highest BCUT2D eigenvalue weighted by atomic mass is 14.4. The molecule has 0 heterocycles. The molecule has 74 valence electrons. The minimum atomic E-state index is 1.03. The van der Waals surface area contributed by atoms with Gasteiger partial charge in [-0.25, -0.2) is 0 Å². The molecule has 0 amide bonds. The Morgan fingerprint density at radius 2 is 2.08 bits per heavy atom. The summed E-state index contributed by atoms with van der Waals surface area (Å²) in [5.41, 5.74) is 1.53. The van der Waals surface area contributed by atoms with E-state index in [0.29, 0.717) is 0 Å². The van der Waals surface area contributed by atoms with E-state index < -0.39 is 0 Å². The molecule has 3 atom stereocenters. The zero-order valence-corrected chi connectivity index (χ0v) is 8.89. The van der Waals surface area contributed by atoms with E-state index in [1.54, 1.807) is 0 Å². The van der Waals surface area contributed by atoms with Gasteiger partial charge in [0, 0.05) is 0 Å². The molecular weight excluding hydrogens is 156 g/mol. The van der Waals surface area contributed by atoms with Crippen LogP contribution in [0.4, 0.5) is 0 Å². The fourth-order valence-corrected chi connectivity index (χ4v) is 3.45. The van der Waals surface area contributed by atoms with Gasteiger partial charge < -0.3 is 0 Å². The lowest BCUT2D eigenvalue weighted by Gasteiger charge is -2.26. The van der Waals surface area contributed by atoms with Gasteiger partial charge in [0.15, 0.2) is 0 Å². The summed E-state index contributed by atoms with van der Waals surface area (Å²) in [6.07, 6.45) is 10.0. The van der Waals surface area contributed by atoms with Gasteiger partial charge in [0.2, 0.25) is 0 Å². The van der Waals surface area contributed by atoms with Crippen LogP contribution >= 0.6 is 0 Å². The highest BCUT2D eigenvalue weighted by molar-refractivity contribution is 5.04. The summed E-state index contributed by atoms with van der Waals surface area (Å²) in [7, 11) is 0. The summed E-state index contributed by atoms with van der Waals surface area (Å²) in [6.45, 7) is 6.47. The van der Waals surface area contributed by atoms with Crippen molar-refractivity contribution in [2.75, 3.05) is 0 Å². The largest absolute Gasteiger partial charge is 0.0999 e. The maximum absolute atomic E-state index is 4.15. The Labute approximate surface area is 82.4 Å². The van der Waals surface area contributed by atoms with Crippen LogP contribution in [0.25, 0.3) is 0 Å². The molecule has 0 aliphatic heterocycles. The normalized spacial score (nSPS) is 39.2. The molecule has 3 unspecified atom stereocenters. The van der Waals surface area contributed by atoms with E-state index in [2.05, 4.69) is 13.5 Å². The molecule has 0 nitrogen and oxygen atoms in total. The van der Waals surface area contributed by atoms with Crippen molar-refractivity contribution in [1.29, 1.82) is 0 Å². The Bertz CT molecular complexity index is 192. The van der Waals surface area contributed by atoms with Crippen molar-refractivity contribution in [3.63, 3.8) is 0 Å².